The van der Waals surface area contributed by atoms with Crippen LogP contribution in [-0.4, -0.2) is 10.1 Å². The molecule has 2 heterocycles. The summed E-state index contributed by atoms with van der Waals surface area (Å²) in [6, 6.07) is 3.62. The number of anilines is 1. The lowest BCUT2D eigenvalue weighted by Gasteiger charge is -2.02. The van der Waals surface area contributed by atoms with Gasteiger partial charge in [-0.3, -0.25) is 4.98 Å². The van der Waals surface area contributed by atoms with Gasteiger partial charge >= 0.3 is 0 Å². The van der Waals surface area contributed by atoms with Gasteiger partial charge in [-0.25, -0.2) is 0 Å². The summed E-state index contributed by atoms with van der Waals surface area (Å²) in [7, 11) is 0. The van der Waals surface area contributed by atoms with Gasteiger partial charge in [0, 0.05) is 6.20 Å². The molecule has 0 bridgehead atoms. The van der Waals surface area contributed by atoms with Gasteiger partial charge < -0.3 is 10.3 Å². The number of nitrogens with two attached hydrogens (primary N) is 1. The number of hydrogen-bond donors (Lipinski definition) is 1. The predicted octanol–water partition coefficient (Wildman–Crippen LogP) is 1.94. The summed E-state index contributed by atoms with van der Waals surface area (Å²) in [5, 5.41) is 3.86. The van der Waals surface area contributed by atoms with Crippen LogP contribution in [-0.2, 0) is 0 Å². The normalized spacial score (nSPS) is 10.4. The highest BCUT2D eigenvalue weighted by Crippen LogP contribution is 2.28. The van der Waals surface area contributed by atoms with E-state index in [1.807, 2.05) is 19.9 Å². The first-order valence-electron chi connectivity index (χ1n) is 4.34. The van der Waals surface area contributed by atoms with Gasteiger partial charge in [-0.15, -0.1) is 0 Å². The molecule has 0 atom stereocenters. The van der Waals surface area contributed by atoms with Crippen LogP contribution in [0.1, 0.15) is 11.5 Å². The van der Waals surface area contributed by atoms with Crippen LogP contribution >= 0.6 is 0 Å². The summed E-state index contributed by atoms with van der Waals surface area (Å²) >= 11 is 0. The zero-order chi connectivity index (χ0) is 10.1. The molecule has 2 N–H and O–H groups in total. The number of hydrogen-bond acceptors (Lipinski definition) is 4. The van der Waals surface area contributed by atoms with E-state index in [1.165, 1.54) is 0 Å². The summed E-state index contributed by atoms with van der Waals surface area (Å²) < 4.78 is 5.06. The fourth-order valence-corrected chi connectivity index (χ4v) is 1.45. The lowest BCUT2D eigenvalue weighted by molar-refractivity contribution is 0.393. The molecule has 2 rings (SSSR count). The number of aromatic nitrogens is 2. The minimum Gasteiger partial charge on any atom is -0.397 e. The fraction of sp³-hybridized carbons (Fsp3) is 0.200. The van der Waals surface area contributed by atoms with Crippen LogP contribution in [0.3, 0.4) is 0 Å². The Bertz CT molecular complexity index is 443. The highest BCUT2D eigenvalue weighted by atomic mass is 16.5. The average Bonchev–Trinajstić information content (AvgIpc) is 2.48. The number of rotatable bonds is 1. The maximum Gasteiger partial charge on any atom is 0.143 e. The minimum atomic E-state index is 0.641. The van der Waals surface area contributed by atoms with Crippen molar-refractivity contribution in [3.05, 3.63) is 29.8 Å². The quantitative estimate of drug-likeness (QED) is 0.744. The van der Waals surface area contributed by atoms with Gasteiger partial charge in [0.25, 0.3) is 0 Å². The molecule has 72 valence electrons. The van der Waals surface area contributed by atoms with Crippen LogP contribution in [0.5, 0.6) is 0 Å². The molecule has 0 spiro atoms. The van der Waals surface area contributed by atoms with Crippen LogP contribution in [0.4, 0.5) is 5.69 Å². The Hall–Kier alpha value is -1.84. The highest BCUT2D eigenvalue weighted by molar-refractivity contribution is 5.74. The Balaban J connectivity index is 2.66. The van der Waals surface area contributed by atoms with Gasteiger partial charge in [-0.1, -0.05) is 5.16 Å². The highest BCUT2D eigenvalue weighted by Gasteiger charge is 2.14. The molecule has 0 saturated carbocycles. The zero-order valence-electron chi connectivity index (χ0n) is 8.11. The first kappa shape index (κ1) is 8.74. The molecule has 4 heteroatoms. The van der Waals surface area contributed by atoms with Gasteiger partial charge in [0.15, 0.2) is 0 Å². The first-order chi connectivity index (χ1) is 6.70. The molecule has 2 aromatic heterocycles. The Morgan fingerprint density at radius 1 is 1.36 bits per heavy atom. The van der Waals surface area contributed by atoms with E-state index in [-0.39, 0.29) is 0 Å². The summed E-state index contributed by atoms with van der Waals surface area (Å²) in [5.74, 6) is 0.743. The maximum atomic E-state index is 5.82. The molecule has 0 fully saturated rings. The van der Waals surface area contributed by atoms with Crippen molar-refractivity contribution in [3.63, 3.8) is 0 Å². The number of nitrogens with zero attached hydrogens (tertiary/aromatic N) is 2. The van der Waals surface area contributed by atoms with E-state index >= 15 is 0 Å². The summed E-state index contributed by atoms with van der Waals surface area (Å²) in [6.07, 6.45) is 1.71. The Kier molecular flexibility index (Phi) is 1.96. The third-order valence-electron chi connectivity index (χ3n) is 2.11. The summed E-state index contributed by atoms with van der Waals surface area (Å²) in [6.45, 7) is 3.73. The van der Waals surface area contributed by atoms with Crippen molar-refractivity contribution in [2.75, 3.05) is 5.73 Å². The first-order valence-corrected chi connectivity index (χ1v) is 4.34. The number of pyridine rings is 1. The van der Waals surface area contributed by atoms with E-state index in [4.69, 9.17) is 10.3 Å². The molecule has 14 heavy (non-hydrogen) atoms. The lowest BCUT2D eigenvalue weighted by atomic mass is 10.1. The van der Waals surface area contributed by atoms with Crippen molar-refractivity contribution >= 4 is 5.69 Å². The third kappa shape index (κ3) is 1.25. The smallest absolute Gasteiger partial charge is 0.143 e. The van der Waals surface area contributed by atoms with Crippen molar-refractivity contribution in [1.29, 1.82) is 0 Å². The van der Waals surface area contributed by atoms with E-state index in [1.54, 1.807) is 12.3 Å². The average molecular weight is 189 g/mol. The van der Waals surface area contributed by atoms with Gasteiger partial charge in [0.05, 0.1) is 22.6 Å². The molecule has 0 aromatic carbocycles. The Morgan fingerprint density at radius 2 is 2.14 bits per heavy atom. The number of aryl methyl sites for hydroxylation is 2. The zero-order valence-corrected chi connectivity index (χ0v) is 8.11. The van der Waals surface area contributed by atoms with E-state index in [9.17, 15) is 0 Å². The van der Waals surface area contributed by atoms with Crippen molar-refractivity contribution in [1.82, 2.24) is 10.1 Å². The standard InChI is InChI=1S/C10H11N3O/c1-6-9(7(2)14-13-6)10-8(11)4-3-5-12-10/h3-5H,11H2,1-2H3. The predicted molar refractivity (Wildman–Crippen MR) is 53.6 cm³/mol. The second-order valence-corrected chi connectivity index (χ2v) is 3.14. The van der Waals surface area contributed by atoms with Gasteiger partial charge in [-0.2, -0.15) is 0 Å². The third-order valence-corrected chi connectivity index (χ3v) is 2.11. The van der Waals surface area contributed by atoms with Crippen LogP contribution in [0.25, 0.3) is 11.3 Å². The monoisotopic (exact) mass is 189 g/mol. The molecule has 4 nitrogen and oxygen atoms in total. The topological polar surface area (TPSA) is 64.9 Å². The molecule has 0 saturated heterocycles. The van der Waals surface area contributed by atoms with Crippen LogP contribution in [0, 0.1) is 13.8 Å². The Morgan fingerprint density at radius 3 is 2.71 bits per heavy atom. The van der Waals surface area contributed by atoms with Gasteiger partial charge in [-0.05, 0) is 26.0 Å². The van der Waals surface area contributed by atoms with Crippen molar-refractivity contribution in [2.45, 2.75) is 13.8 Å². The number of nitrogen functional groups attached to an aromatic ring is 1. The maximum absolute atomic E-state index is 5.82. The van der Waals surface area contributed by atoms with E-state index in [0.29, 0.717) is 5.69 Å². The molecule has 0 radical (unpaired) electrons. The van der Waals surface area contributed by atoms with Crippen LogP contribution in [0.2, 0.25) is 0 Å². The second-order valence-electron chi connectivity index (χ2n) is 3.14. The molecule has 0 aliphatic carbocycles. The minimum absolute atomic E-state index is 0.641. The summed E-state index contributed by atoms with van der Waals surface area (Å²) in [5.41, 5.74) is 8.90. The molecule has 0 unspecified atom stereocenters. The van der Waals surface area contributed by atoms with Gasteiger partial charge in [0.2, 0.25) is 0 Å². The van der Waals surface area contributed by atoms with E-state index in [2.05, 4.69) is 10.1 Å². The summed E-state index contributed by atoms with van der Waals surface area (Å²) in [4.78, 5) is 4.22. The van der Waals surface area contributed by atoms with Crippen LogP contribution in [0.15, 0.2) is 22.9 Å². The molecule has 2 aromatic rings. The SMILES string of the molecule is Cc1noc(C)c1-c1ncccc1N. The lowest BCUT2D eigenvalue weighted by Crippen LogP contribution is -1.93. The van der Waals surface area contributed by atoms with Crippen molar-refractivity contribution < 1.29 is 4.52 Å². The van der Waals surface area contributed by atoms with Gasteiger partial charge in [0.1, 0.15) is 5.76 Å². The molecule has 0 aliphatic heterocycles. The van der Waals surface area contributed by atoms with E-state index in [0.717, 1.165) is 22.7 Å². The molecular weight excluding hydrogens is 178 g/mol. The van der Waals surface area contributed by atoms with Crippen LogP contribution < -0.4 is 5.73 Å². The van der Waals surface area contributed by atoms with Crippen molar-refractivity contribution in [3.8, 4) is 11.3 Å². The molecule has 0 aliphatic rings. The molecular formula is C10H11N3O. The Labute approximate surface area is 81.7 Å². The van der Waals surface area contributed by atoms with Crippen molar-refractivity contribution in [2.24, 2.45) is 0 Å². The molecule has 0 amide bonds. The fourth-order valence-electron chi connectivity index (χ4n) is 1.45. The van der Waals surface area contributed by atoms with E-state index < -0.39 is 0 Å². The largest absolute Gasteiger partial charge is 0.397 e. The second kappa shape index (κ2) is 3.14.